The van der Waals surface area contributed by atoms with Crippen LogP contribution in [-0.4, -0.2) is 35.3 Å². The molecule has 0 amide bonds. The minimum absolute atomic E-state index is 0.467. The van der Waals surface area contributed by atoms with Crippen molar-refractivity contribution in [2.45, 2.75) is 25.8 Å². The predicted octanol–water partition coefficient (Wildman–Crippen LogP) is 1.37. The number of nitrogens with zero attached hydrogens (tertiary/aromatic N) is 3. The minimum atomic E-state index is 0.467. The smallest absolute Gasteiger partial charge is 0.0719 e. The van der Waals surface area contributed by atoms with Crippen LogP contribution in [0.2, 0.25) is 0 Å². The van der Waals surface area contributed by atoms with E-state index in [9.17, 15) is 0 Å². The highest BCUT2D eigenvalue weighted by Gasteiger charge is 2.09. The molecule has 1 aromatic rings. The van der Waals surface area contributed by atoms with E-state index < -0.39 is 0 Å². The largest absolute Gasteiger partial charge is 0.396 e. The fourth-order valence-electron chi connectivity index (χ4n) is 1.48. The van der Waals surface area contributed by atoms with Gasteiger partial charge in [-0.15, -0.1) is 0 Å². The van der Waals surface area contributed by atoms with Crippen LogP contribution in [0.3, 0.4) is 0 Å². The second-order valence-electron chi connectivity index (χ2n) is 3.91. The van der Waals surface area contributed by atoms with Crippen molar-refractivity contribution in [3.63, 3.8) is 0 Å². The molecule has 0 spiro atoms. The standard InChI is InChI=1S/C10H20N4/c1-4-10(5-6-13(2)3)14-8-9(11)7-12-14/h7-8,10H,4-6,11H2,1-3H3. The van der Waals surface area contributed by atoms with Crippen molar-refractivity contribution in [3.05, 3.63) is 12.4 Å². The van der Waals surface area contributed by atoms with E-state index in [0.29, 0.717) is 6.04 Å². The topological polar surface area (TPSA) is 47.1 Å². The number of anilines is 1. The van der Waals surface area contributed by atoms with E-state index in [0.717, 1.165) is 25.1 Å². The molecule has 1 atom stereocenters. The summed E-state index contributed by atoms with van der Waals surface area (Å²) in [6.07, 6.45) is 5.82. The zero-order valence-electron chi connectivity index (χ0n) is 9.27. The molecule has 0 radical (unpaired) electrons. The van der Waals surface area contributed by atoms with E-state index >= 15 is 0 Å². The zero-order chi connectivity index (χ0) is 10.6. The predicted molar refractivity (Wildman–Crippen MR) is 59.1 cm³/mol. The van der Waals surface area contributed by atoms with E-state index in [2.05, 4.69) is 31.0 Å². The molecule has 0 fully saturated rings. The lowest BCUT2D eigenvalue weighted by Gasteiger charge is -2.18. The molecule has 1 rings (SSSR count). The van der Waals surface area contributed by atoms with Crippen LogP contribution in [-0.2, 0) is 0 Å². The Labute approximate surface area is 85.7 Å². The van der Waals surface area contributed by atoms with Gasteiger partial charge in [-0.25, -0.2) is 0 Å². The van der Waals surface area contributed by atoms with Crippen molar-refractivity contribution in [2.24, 2.45) is 0 Å². The fourth-order valence-corrected chi connectivity index (χ4v) is 1.48. The second-order valence-corrected chi connectivity index (χ2v) is 3.91. The van der Waals surface area contributed by atoms with Gasteiger partial charge in [0.15, 0.2) is 0 Å². The third-order valence-electron chi connectivity index (χ3n) is 2.38. The molecule has 80 valence electrons. The number of hydrogen-bond acceptors (Lipinski definition) is 3. The monoisotopic (exact) mass is 196 g/mol. The average molecular weight is 196 g/mol. The van der Waals surface area contributed by atoms with Crippen molar-refractivity contribution in [1.29, 1.82) is 0 Å². The van der Waals surface area contributed by atoms with Gasteiger partial charge in [0.05, 0.1) is 17.9 Å². The highest BCUT2D eigenvalue weighted by molar-refractivity contribution is 5.30. The molecule has 0 saturated heterocycles. The first-order valence-electron chi connectivity index (χ1n) is 5.07. The molecule has 0 aliphatic carbocycles. The van der Waals surface area contributed by atoms with Gasteiger partial charge in [-0.3, -0.25) is 4.68 Å². The molecule has 4 heteroatoms. The Bertz CT molecular complexity index is 267. The number of nitrogen functional groups attached to an aromatic ring is 1. The molecule has 0 saturated carbocycles. The van der Waals surface area contributed by atoms with Gasteiger partial charge < -0.3 is 10.6 Å². The molecule has 1 aromatic heterocycles. The Morgan fingerprint density at radius 2 is 2.29 bits per heavy atom. The fraction of sp³-hybridized carbons (Fsp3) is 0.700. The van der Waals surface area contributed by atoms with Crippen molar-refractivity contribution >= 4 is 5.69 Å². The maximum absolute atomic E-state index is 5.63. The molecular formula is C10H20N4. The zero-order valence-corrected chi connectivity index (χ0v) is 9.27. The lowest BCUT2D eigenvalue weighted by atomic mass is 10.1. The SMILES string of the molecule is CCC(CCN(C)C)n1cc(N)cn1. The van der Waals surface area contributed by atoms with Gasteiger partial charge in [0.25, 0.3) is 0 Å². The van der Waals surface area contributed by atoms with E-state index in [-0.39, 0.29) is 0 Å². The minimum Gasteiger partial charge on any atom is -0.396 e. The molecule has 4 nitrogen and oxygen atoms in total. The van der Waals surface area contributed by atoms with Gasteiger partial charge in [0.2, 0.25) is 0 Å². The summed E-state index contributed by atoms with van der Waals surface area (Å²) in [7, 11) is 4.17. The molecule has 0 aliphatic heterocycles. The first kappa shape index (κ1) is 11.0. The van der Waals surface area contributed by atoms with Crippen molar-refractivity contribution in [3.8, 4) is 0 Å². The van der Waals surface area contributed by atoms with Gasteiger partial charge in [0.1, 0.15) is 0 Å². The van der Waals surface area contributed by atoms with E-state index in [1.165, 1.54) is 0 Å². The van der Waals surface area contributed by atoms with Gasteiger partial charge >= 0.3 is 0 Å². The molecule has 1 unspecified atom stereocenters. The molecule has 1 heterocycles. The molecule has 14 heavy (non-hydrogen) atoms. The Hall–Kier alpha value is -1.03. The van der Waals surface area contributed by atoms with Crippen LogP contribution in [0, 0.1) is 0 Å². The Morgan fingerprint density at radius 3 is 2.71 bits per heavy atom. The summed E-state index contributed by atoms with van der Waals surface area (Å²) in [5, 5.41) is 4.24. The van der Waals surface area contributed by atoms with E-state index in [4.69, 9.17) is 5.73 Å². The Kier molecular flexibility index (Phi) is 3.95. The Balaban J connectivity index is 2.54. The average Bonchev–Trinajstić information content (AvgIpc) is 2.53. The maximum atomic E-state index is 5.63. The summed E-state index contributed by atoms with van der Waals surface area (Å²) >= 11 is 0. The van der Waals surface area contributed by atoms with Crippen LogP contribution < -0.4 is 5.73 Å². The van der Waals surface area contributed by atoms with Gasteiger partial charge in [-0.1, -0.05) is 6.92 Å². The number of aromatic nitrogens is 2. The van der Waals surface area contributed by atoms with E-state index in [1.54, 1.807) is 6.20 Å². The number of nitrogens with two attached hydrogens (primary N) is 1. The Morgan fingerprint density at radius 1 is 1.57 bits per heavy atom. The van der Waals surface area contributed by atoms with Gasteiger partial charge in [-0.2, -0.15) is 5.10 Å². The summed E-state index contributed by atoms with van der Waals surface area (Å²) in [5.41, 5.74) is 6.38. The van der Waals surface area contributed by atoms with Crippen LogP contribution in [0.25, 0.3) is 0 Å². The van der Waals surface area contributed by atoms with Gasteiger partial charge in [0, 0.05) is 6.20 Å². The summed E-state index contributed by atoms with van der Waals surface area (Å²) in [6.45, 7) is 3.26. The van der Waals surface area contributed by atoms with Crippen molar-refractivity contribution in [2.75, 3.05) is 26.4 Å². The summed E-state index contributed by atoms with van der Waals surface area (Å²) in [6, 6.07) is 0.467. The van der Waals surface area contributed by atoms with Crippen LogP contribution in [0.15, 0.2) is 12.4 Å². The number of hydrogen-bond donors (Lipinski definition) is 1. The van der Waals surface area contributed by atoms with Crippen LogP contribution in [0.4, 0.5) is 5.69 Å². The summed E-state index contributed by atoms with van der Waals surface area (Å²) in [4.78, 5) is 2.19. The second kappa shape index (κ2) is 5.00. The van der Waals surface area contributed by atoms with Crippen molar-refractivity contribution < 1.29 is 0 Å². The van der Waals surface area contributed by atoms with Crippen molar-refractivity contribution in [1.82, 2.24) is 14.7 Å². The summed E-state index contributed by atoms with van der Waals surface area (Å²) < 4.78 is 1.97. The maximum Gasteiger partial charge on any atom is 0.0719 e. The molecule has 0 aromatic carbocycles. The third-order valence-corrected chi connectivity index (χ3v) is 2.38. The third kappa shape index (κ3) is 3.03. The van der Waals surface area contributed by atoms with Gasteiger partial charge in [-0.05, 0) is 33.5 Å². The normalized spacial score (nSPS) is 13.4. The molecule has 0 aliphatic rings. The lowest BCUT2D eigenvalue weighted by molar-refractivity contribution is 0.328. The lowest BCUT2D eigenvalue weighted by Crippen LogP contribution is -2.19. The molecular weight excluding hydrogens is 176 g/mol. The van der Waals surface area contributed by atoms with Crippen LogP contribution in [0.5, 0.6) is 0 Å². The van der Waals surface area contributed by atoms with E-state index in [1.807, 2.05) is 10.9 Å². The first-order valence-corrected chi connectivity index (χ1v) is 5.07. The molecule has 2 N–H and O–H groups in total. The quantitative estimate of drug-likeness (QED) is 0.773. The summed E-state index contributed by atoms with van der Waals surface area (Å²) in [5.74, 6) is 0. The highest BCUT2D eigenvalue weighted by atomic mass is 15.3. The first-order chi connectivity index (χ1) is 6.63. The number of rotatable bonds is 5. The van der Waals surface area contributed by atoms with Crippen LogP contribution >= 0.6 is 0 Å². The molecule has 0 bridgehead atoms. The highest BCUT2D eigenvalue weighted by Crippen LogP contribution is 2.16. The van der Waals surface area contributed by atoms with Crippen LogP contribution in [0.1, 0.15) is 25.8 Å².